The largest absolute Gasteiger partial charge is 0.345 e. The number of hydrogen-bond acceptors (Lipinski definition) is 2. The van der Waals surface area contributed by atoms with Crippen molar-refractivity contribution in [3.05, 3.63) is 58.6 Å². The van der Waals surface area contributed by atoms with Crippen LogP contribution in [-0.2, 0) is 0 Å². The number of halogens is 2. The quantitative estimate of drug-likeness (QED) is 0.615. The lowest BCUT2D eigenvalue weighted by Gasteiger charge is -2.05. The van der Waals surface area contributed by atoms with Crippen molar-refractivity contribution in [1.82, 2.24) is 0 Å². The summed E-state index contributed by atoms with van der Waals surface area (Å²) in [5.41, 5.74) is 0.868. The van der Waals surface area contributed by atoms with E-state index in [0.29, 0.717) is 5.02 Å². The van der Waals surface area contributed by atoms with Crippen LogP contribution in [0.2, 0.25) is 10.0 Å². The van der Waals surface area contributed by atoms with Crippen molar-refractivity contribution in [2.75, 3.05) is 5.32 Å². The molecule has 0 aliphatic rings. The lowest BCUT2D eigenvalue weighted by molar-refractivity contribution is 1.61. The SMILES string of the molecule is Clc1ccccc1Nc1sc2ccccc2c1Cl. The van der Waals surface area contributed by atoms with Gasteiger partial charge in [0, 0.05) is 10.1 Å². The van der Waals surface area contributed by atoms with Gasteiger partial charge in [-0.25, -0.2) is 0 Å². The van der Waals surface area contributed by atoms with Crippen LogP contribution in [0.5, 0.6) is 0 Å². The first-order valence-corrected chi connectivity index (χ1v) is 7.01. The summed E-state index contributed by atoms with van der Waals surface area (Å²) >= 11 is 14.1. The fourth-order valence-electron chi connectivity index (χ4n) is 1.78. The summed E-state index contributed by atoms with van der Waals surface area (Å²) in [7, 11) is 0. The smallest absolute Gasteiger partial charge is 0.113 e. The second-order valence-electron chi connectivity index (χ2n) is 3.85. The number of hydrogen-bond donors (Lipinski definition) is 1. The minimum atomic E-state index is 0.686. The van der Waals surface area contributed by atoms with Gasteiger partial charge in [0.2, 0.25) is 0 Å². The van der Waals surface area contributed by atoms with E-state index in [1.54, 1.807) is 11.3 Å². The summed E-state index contributed by atoms with van der Waals surface area (Å²) in [5.74, 6) is 0. The molecular weight excluding hydrogens is 285 g/mol. The molecule has 0 atom stereocenters. The van der Waals surface area contributed by atoms with Crippen LogP contribution in [-0.4, -0.2) is 0 Å². The minimum absolute atomic E-state index is 0.686. The number of thiophene rings is 1. The molecule has 90 valence electrons. The average Bonchev–Trinajstić information content (AvgIpc) is 2.70. The summed E-state index contributed by atoms with van der Waals surface area (Å²) in [4.78, 5) is 0. The van der Waals surface area contributed by atoms with Gasteiger partial charge in [0.25, 0.3) is 0 Å². The Labute approximate surface area is 119 Å². The van der Waals surface area contributed by atoms with E-state index in [1.807, 2.05) is 42.5 Å². The van der Waals surface area contributed by atoms with Gasteiger partial charge in [-0.1, -0.05) is 53.5 Å². The monoisotopic (exact) mass is 293 g/mol. The molecule has 1 heterocycles. The molecule has 0 radical (unpaired) electrons. The van der Waals surface area contributed by atoms with E-state index in [2.05, 4.69) is 11.4 Å². The summed E-state index contributed by atoms with van der Waals surface area (Å²) in [6.07, 6.45) is 0. The molecule has 18 heavy (non-hydrogen) atoms. The van der Waals surface area contributed by atoms with E-state index in [4.69, 9.17) is 23.2 Å². The van der Waals surface area contributed by atoms with E-state index in [9.17, 15) is 0 Å². The van der Waals surface area contributed by atoms with Crippen molar-refractivity contribution >= 4 is 55.3 Å². The van der Waals surface area contributed by atoms with Gasteiger partial charge in [0.15, 0.2) is 0 Å². The summed E-state index contributed by atoms with van der Waals surface area (Å²) in [5, 5.41) is 6.71. The summed E-state index contributed by atoms with van der Waals surface area (Å²) in [6, 6.07) is 15.7. The van der Waals surface area contributed by atoms with Crippen molar-refractivity contribution in [3.8, 4) is 0 Å². The Morgan fingerprint density at radius 2 is 1.61 bits per heavy atom. The fourth-order valence-corrected chi connectivity index (χ4v) is 3.35. The van der Waals surface area contributed by atoms with E-state index in [1.165, 1.54) is 0 Å². The van der Waals surface area contributed by atoms with Crippen molar-refractivity contribution in [1.29, 1.82) is 0 Å². The number of benzene rings is 2. The molecule has 0 saturated heterocycles. The van der Waals surface area contributed by atoms with Crippen molar-refractivity contribution in [2.45, 2.75) is 0 Å². The normalized spacial score (nSPS) is 10.8. The highest BCUT2D eigenvalue weighted by atomic mass is 35.5. The Morgan fingerprint density at radius 1 is 0.889 bits per heavy atom. The summed E-state index contributed by atoms with van der Waals surface area (Å²) < 4.78 is 1.16. The van der Waals surface area contributed by atoms with Crippen LogP contribution in [0.15, 0.2) is 48.5 Å². The Balaban J connectivity index is 2.06. The van der Waals surface area contributed by atoms with E-state index in [0.717, 1.165) is 25.8 Å². The third-order valence-electron chi connectivity index (χ3n) is 2.66. The number of anilines is 2. The van der Waals surface area contributed by atoms with Crippen molar-refractivity contribution in [3.63, 3.8) is 0 Å². The molecule has 0 bridgehead atoms. The topological polar surface area (TPSA) is 12.0 Å². The van der Waals surface area contributed by atoms with Gasteiger partial charge in [-0.15, -0.1) is 11.3 Å². The molecule has 0 amide bonds. The molecule has 3 rings (SSSR count). The molecule has 2 aromatic carbocycles. The highest BCUT2D eigenvalue weighted by Crippen LogP contribution is 2.41. The predicted molar refractivity (Wildman–Crippen MR) is 81.6 cm³/mol. The lowest BCUT2D eigenvalue weighted by atomic mass is 10.2. The van der Waals surface area contributed by atoms with Crippen molar-refractivity contribution < 1.29 is 0 Å². The molecule has 1 N–H and O–H groups in total. The van der Waals surface area contributed by atoms with Gasteiger partial charge < -0.3 is 5.32 Å². The van der Waals surface area contributed by atoms with Gasteiger partial charge in [-0.2, -0.15) is 0 Å². The molecule has 1 aromatic heterocycles. The maximum atomic E-state index is 6.36. The minimum Gasteiger partial charge on any atom is -0.345 e. The zero-order chi connectivity index (χ0) is 12.5. The van der Waals surface area contributed by atoms with Gasteiger partial charge in [-0.3, -0.25) is 0 Å². The van der Waals surface area contributed by atoms with Gasteiger partial charge in [-0.05, 0) is 18.2 Å². The number of rotatable bonds is 2. The van der Waals surface area contributed by atoms with E-state index >= 15 is 0 Å². The van der Waals surface area contributed by atoms with Crippen LogP contribution in [0.1, 0.15) is 0 Å². The van der Waals surface area contributed by atoms with Crippen LogP contribution >= 0.6 is 34.5 Å². The lowest BCUT2D eigenvalue weighted by Crippen LogP contribution is -1.88. The molecule has 3 aromatic rings. The van der Waals surface area contributed by atoms with Crippen molar-refractivity contribution in [2.24, 2.45) is 0 Å². The molecule has 0 fully saturated rings. The highest BCUT2D eigenvalue weighted by molar-refractivity contribution is 7.23. The molecule has 0 aliphatic carbocycles. The van der Waals surface area contributed by atoms with Crippen LogP contribution in [0, 0.1) is 0 Å². The Kier molecular flexibility index (Phi) is 3.16. The molecule has 0 saturated carbocycles. The third kappa shape index (κ3) is 2.07. The zero-order valence-corrected chi connectivity index (χ0v) is 11.6. The van der Waals surface area contributed by atoms with Gasteiger partial charge >= 0.3 is 0 Å². The second-order valence-corrected chi connectivity index (χ2v) is 5.68. The Bertz CT molecular complexity index is 706. The number of para-hydroxylation sites is 1. The molecule has 0 aliphatic heterocycles. The van der Waals surface area contributed by atoms with E-state index in [-0.39, 0.29) is 0 Å². The zero-order valence-electron chi connectivity index (χ0n) is 9.28. The average molecular weight is 294 g/mol. The fraction of sp³-hybridized carbons (Fsp3) is 0. The number of fused-ring (bicyclic) bond motifs is 1. The van der Waals surface area contributed by atoms with Crippen LogP contribution < -0.4 is 5.32 Å². The Hall–Kier alpha value is -1.22. The molecule has 1 nitrogen and oxygen atoms in total. The van der Waals surface area contributed by atoms with Crippen LogP contribution in [0.4, 0.5) is 10.7 Å². The second kappa shape index (κ2) is 4.81. The van der Waals surface area contributed by atoms with Gasteiger partial charge in [0.05, 0.1) is 15.7 Å². The van der Waals surface area contributed by atoms with Gasteiger partial charge in [0.1, 0.15) is 5.00 Å². The van der Waals surface area contributed by atoms with E-state index < -0.39 is 0 Å². The first-order chi connectivity index (χ1) is 8.75. The molecule has 0 spiro atoms. The number of nitrogens with one attached hydrogen (secondary N) is 1. The highest BCUT2D eigenvalue weighted by Gasteiger charge is 2.10. The standard InChI is InChI=1S/C14H9Cl2NS/c15-10-6-2-3-7-11(10)17-14-13(16)9-5-1-4-8-12(9)18-14/h1-8,17H. The maximum absolute atomic E-state index is 6.36. The predicted octanol–water partition coefficient (Wildman–Crippen LogP) is 5.95. The Morgan fingerprint density at radius 3 is 2.39 bits per heavy atom. The molecule has 0 unspecified atom stereocenters. The third-order valence-corrected chi connectivity index (χ3v) is 4.58. The van der Waals surface area contributed by atoms with Crippen LogP contribution in [0.3, 0.4) is 0 Å². The maximum Gasteiger partial charge on any atom is 0.113 e. The molecular formula is C14H9Cl2NS. The first-order valence-electron chi connectivity index (χ1n) is 5.44. The van der Waals surface area contributed by atoms with Crippen LogP contribution in [0.25, 0.3) is 10.1 Å². The first kappa shape index (κ1) is 11.8. The summed E-state index contributed by atoms with van der Waals surface area (Å²) in [6.45, 7) is 0. The molecule has 4 heteroatoms.